The van der Waals surface area contributed by atoms with Gasteiger partial charge in [-0.25, -0.2) is 4.98 Å². The topological polar surface area (TPSA) is 70.7 Å². The highest BCUT2D eigenvalue weighted by atomic mass is 79.9. The van der Waals surface area contributed by atoms with Gasteiger partial charge in [-0.3, -0.25) is 4.79 Å². The zero-order chi connectivity index (χ0) is 23.2. The molecule has 6 nitrogen and oxygen atoms in total. The van der Waals surface area contributed by atoms with Crippen LogP contribution in [0.4, 0.5) is 5.69 Å². The number of halogens is 1. The number of benzene rings is 2. The summed E-state index contributed by atoms with van der Waals surface area (Å²) < 4.78 is 6.77. The summed E-state index contributed by atoms with van der Waals surface area (Å²) in [5.74, 6) is 0.0187. The van der Waals surface area contributed by atoms with E-state index in [0.717, 1.165) is 53.3 Å². The maximum atomic E-state index is 13.0. The molecule has 2 aromatic carbocycles. The number of nitrogens with one attached hydrogen (secondary N) is 1. The van der Waals surface area contributed by atoms with Crippen LogP contribution < -0.4 is 14.5 Å². The SMILES string of the molecule is CCOc1ccccc1N1CC[NH+](CC(=O)[C@H](C#N)c2nc(-c3ccc(Br)cc3)cs2)CC1. The number of Topliss-reactive ketones (excluding diaryl/α,β-unsaturated/α-hetero) is 1. The molecule has 1 aliphatic rings. The van der Waals surface area contributed by atoms with E-state index in [0.29, 0.717) is 18.2 Å². The largest absolute Gasteiger partial charge is 0.492 e. The summed E-state index contributed by atoms with van der Waals surface area (Å²) in [5, 5.41) is 12.2. The normalized spacial score (nSPS) is 15.1. The zero-order valence-electron chi connectivity index (χ0n) is 18.5. The van der Waals surface area contributed by atoms with E-state index in [2.05, 4.69) is 37.9 Å². The first-order chi connectivity index (χ1) is 16.1. The van der Waals surface area contributed by atoms with Crippen molar-refractivity contribution in [3.05, 3.63) is 63.4 Å². The van der Waals surface area contributed by atoms with E-state index >= 15 is 0 Å². The molecule has 0 bridgehead atoms. The Hall–Kier alpha value is -2.73. The number of ether oxygens (including phenoxy) is 1. The van der Waals surface area contributed by atoms with Gasteiger partial charge in [0.2, 0.25) is 5.78 Å². The fraction of sp³-hybridized carbons (Fsp3) is 0.320. The number of carbonyl (C=O) groups excluding carboxylic acids is 1. The van der Waals surface area contributed by atoms with Crippen molar-refractivity contribution in [3.8, 4) is 23.1 Å². The number of nitrogens with zero attached hydrogens (tertiary/aromatic N) is 3. The molecule has 0 spiro atoms. The van der Waals surface area contributed by atoms with E-state index in [9.17, 15) is 10.1 Å². The van der Waals surface area contributed by atoms with Crippen molar-refractivity contribution < 1.29 is 14.4 Å². The highest BCUT2D eigenvalue weighted by molar-refractivity contribution is 9.10. The lowest BCUT2D eigenvalue weighted by Crippen LogP contribution is -3.15. The third kappa shape index (κ3) is 5.61. The Labute approximate surface area is 206 Å². The van der Waals surface area contributed by atoms with Crippen LogP contribution in [-0.2, 0) is 4.79 Å². The molecule has 0 aliphatic carbocycles. The lowest BCUT2D eigenvalue weighted by atomic mass is 10.1. The van der Waals surface area contributed by atoms with Crippen molar-refractivity contribution in [2.75, 3.05) is 44.2 Å². The fourth-order valence-corrected chi connectivity index (χ4v) is 5.18. The maximum absolute atomic E-state index is 13.0. The van der Waals surface area contributed by atoms with E-state index < -0.39 is 5.92 Å². The van der Waals surface area contributed by atoms with E-state index in [1.54, 1.807) is 0 Å². The number of hydrogen-bond donors (Lipinski definition) is 1. The number of nitriles is 1. The average molecular weight is 526 g/mol. The number of quaternary nitrogens is 1. The third-order valence-corrected chi connectivity index (χ3v) is 7.20. The molecule has 1 saturated heterocycles. The Morgan fingerprint density at radius 3 is 2.67 bits per heavy atom. The summed E-state index contributed by atoms with van der Waals surface area (Å²) in [4.78, 5) is 21.1. The standard InChI is InChI=1S/C25H25BrN4O2S/c1-2-32-24-6-4-3-5-22(24)30-13-11-29(12-14-30)16-23(31)20(15-27)25-28-21(17-33-25)18-7-9-19(26)10-8-18/h3-10,17,20H,2,11-14,16H2,1H3/p+1/t20-/m0/s1. The lowest BCUT2D eigenvalue weighted by molar-refractivity contribution is -0.892. The number of aromatic nitrogens is 1. The summed E-state index contributed by atoms with van der Waals surface area (Å²) in [5.41, 5.74) is 2.87. The number of thiazole rings is 1. The highest BCUT2D eigenvalue weighted by Gasteiger charge is 2.30. The molecule has 170 valence electrons. The van der Waals surface area contributed by atoms with Gasteiger partial charge in [0.25, 0.3) is 0 Å². The molecule has 3 aromatic rings. The van der Waals surface area contributed by atoms with E-state index in [1.165, 1.54) is 16.2 Å². The van der Waals surface area contributed by atoms with Crippen LogP contribution in [0.2, 0.25) is 0 Å². The van der Waals surface area contributed by atoms with Gasteiger partial charge < -0.3 is 14.5 Å². The molecule has 33 heavy (non-hydrogen) atoms. The number of hydrogen-bond acceptors (Lipinski definition) is 6. The molecule has 1 fully saturated rings. The number of ketones is 1. The van der Waals surface area contributed by atoms with Crippen LogP contribution in [-0.4, -0.2) is 50.1 Å². The predicted octanol–water partition coefficient (Wildman–Crippen LogP) is 3.55. The highest BCUT2D eigenvalue weighted by Crippen LogP contribution is 2.29. The third-order valence-electron chi connectivity index (χ3n) is 5.76. The van der Waals surface area contributed by atoms with Crippen LogP contribution in [0.15, 0.2) is 58.4 Å². The van der Waals surface area contributed by atoms with E-state index in [-0.39, 0.29) is 5.78 Å². The first-order valence-electron chi connectivity index (χ1n) is 11.0. The minimum atomic E-state index is -0.816. The molecule has 0 saturated carbocycles. The fourth-order valence-electron chi connectivity index (χ4n) is 4.02. The van der Waals surface area contributed by atoms with Gasteiger partial charge in [-0.15, -0.1) is 11.3 Å². The number of piperazine rings is 1. The van der Waals surface area contributed by atoms with Crippen LogP contribution >= 0.6 is 27.3 Å². The van der Waals surface area contributed by atoms with Gasteiger partial charge in [-0.05, 0) is 31.2 Å². The quantitative estimate of drug-likeness (QED) is 0.486. The number of para-hydroxylation sites is 2. The van der Waals surface area contributed by atoms with Crippen molar-refractivity contribution >= 4 is 38.7 Å². The molecular formula is C25H26BrN4O2S+. The summed E-state index contributed by atoms with van der Waals surface area (Å²) in [6.07, 6.45) is 0. The molecule has 4 rings (SSSR count). The molecule has 1 N–H and O–H groups in total. The molecule has 0 unspecified atom stereocenters. The summed E-state index contributed by atoms with van der Waals surface area (Å²) in [7, 11) is 0. The minimum absolute atomic E-state index is 0.0626. The molecule has 1 aliphatic heterocycles. The van der Waals surface area contributed by atoms with E-state index in [1.807, 2.05) is 54.8 Å². The predicted molar refractivity (Wildman–Crippen MR) is 134 cm³/mol. The summed E-state index contributed by atoms with van der Waals surface area (Å²) in [6, 6.07) is 18.1. The first kappa shape index (κ1) is 23.4. The van der Waals surface area contributed by atoms with Crippen molar-refractivity contribution in [2.45, 2.75) is 12.8 Å². The Morgan fingerprint density at radius 1 is 1.24 bits per heavy atom. The second-order valence-electron chi connectivity index (χ2n) is 7.92. The van der Waals surface area contributed by atoms with Gasteiger partial charge in [-0.2, -0.15) is 5.26 Å². The second kappa shape index (κ2) is 10.9. The van der Waals surface area contributed by atoms with Gasteiger partial charge >= 0.3 is 0 Å². The van der Waals surface area contributed by atoms with Gasteiger partial charge in [0.15, 0.2) is 5.92 Å². The van der Waals surface area contributed by atoms with Crippen molar-refractivity contribution in [2.24, 2.45) is 0 Å². The van der Waals surface area contributed by atoms with Crippen LogP contribution in [0.25, 0.3) is 11.3 Å². The van der Waals surface area contributed by atoms with Gasteiger partial charge in [0, 0.05) is 15.4 Å². The van der Waals surface area contributed by atoms with Crippen LogP contribution in [0, 0.1) is 11.3 Å². The lowest BCUT2D eigenvalue weighted by Gasteiger charge is -2.34. The Balaban J connectivity index is 1.37. The van der Waals surface area contributed by atoms with Crippen LogP contribution in [0.1, 0.15) is 17.8 Å². The monoisotopic (exact) mass is 525 g/mol. The smallest absolute Gasteiger partial charge is 0.210 e. The van der Waals surface area contributed by atoms with Crippen LogP contribution in [0.3, 0.4) is 0 Å². The molecule has 1 atom stereocenters. The zero-order valence-corrected chi connectivity index (χ0v) is 20.9. The average Bonchev–Trinajstić information content (AvgIpc) is 3.31. The van der Waals surface area contributed by atoms with Gasteiger partial charge in [0.05, 0.1) is 50.2 Å². The van der Waals surface area contributed by atoms with Gasteiger partial charge in [-0.1, -0.05) is 40.2 Å². The van der Waals surface area contributed by atoms with Gasteiger partial charge in [0.1, 0.15) is 17.3 Å². The Kier molecular flexibility index (Phi) is 7.76. The first-order valence-corrected chi connectivity index (χ1v) is 12.7. The van der Waals surface area contributed by atoms with E-state index in [4.69, 9.17) is 4.74 Å². The van der Waals surface area contributed by atoms with Crippen molar-refractivity contribution in [3.63, 3.8) is 0 Å². The number of rotatable bonds is 8. The Morgan fingerprint density at radius 2 is 1.97 bits per heavy atom. The van der Waals surface area contributed by atoms with Crippen molar-refractivity contribution in [1.82, 2.24) is 4.98 Å². The maximum Gasteiger partial charge on any atom is 0.210 e. The Bertz CT molecular complexity index is 1130. The molecule has 0 radical (unpaired) electrons. The number of carbonyl (C=O) groups is 1. The molecule has 8 heteroatoms. The molecule has 1 aromatic heterocycles. The summed E-state index contributed by atoms with van der Waals surface area (Å²) in [6.45, 7) is 6.32. The molecule has 0 amide bonds. The molecule has 2 heterocycles. The number of anilines is 1. The second-order valence-corrected chi connectivity index (χ2v) is 9.73. The summed E-state index contributed by atoms with van der Waals surface area (Å²) >= 11 is 4.81. The minimum Gasteiger partial charge on any atom is -0.492 e. The van der Waals surface area contributed by atoms with Crippen LogP contribution in [0.5, 0.6) is 5.75 Å². The molecular weight excluding hydrogens is 500 g/mol. The van der Waals surface area contributed by atoms with Crippen molar-refractivity contribution in [1.29, 1.82) is 5.26 Å².